The lowest BCUT2D eigenvalue weighted by Crippen LogP contribution is -2.36. The predicted octanol–water partition coefficient (Wildman–Crippen LogP) is 0.803. The number of hydrogen-bond acceptors (Lipinski definition) is 4. The summed E-state index contributed by atoms with van der Waals surface area (Å²) in [6.45, 7) is 1.96. The maximum Gasteiger partial charge on any atom is 0.333 e. The number of fused-ring (bicyclic) bond motifs is 1. The number of aliphatic carboxylic acids is 1. The van der Waals surface area contributed by atoms with Crippen LogP contribution in [0.2, 0.25) is 0 Å². The van der Waals surface area contributed by atoms with Gasteiger partial charge >= 0.3 is 5.97 Å². The Labute approximate surface area is 109 Å². The smallest absolute Gasteiger partial charge is 0.333 e. The molecule has 98 valence electrons. The van der Waals surface area contributed by atoms with Gasteiger partial charge in [0.15, 0.2) is 0 Å². The summed E-state index contributed by atoms with van der Waals surface area (Å²) in [7, 11) is 0. The number of thioether (sulfide) groups is 1. The first-order chi connectivity index (χ1) is 8.50. The number of carbonyl (C=O) groups is 3. The number of allylic oxidation sites excluding steroid dienone is 1. The first kappa shape index (κ1) is 13.1. The van der Waals surface area contributed by atoms with Crippen LogP contribution in [0.3, 0.4) is 0 Å². The van der Waals surface area contributed by atoms with Crippen LogP contribution in [0.25, 0.3) is 0 Å². The summed E-state index contributed by atoms with van der Waals surface area (Å²) >= 11 is 1.44. The first-order valence-corrected chi connectivity index (χ1v) is 6.85. The number of ketones is 1. The highest BCUT2D eigenvalue weighted by Gasteiger charge is 2.50. The summed E-state index contributed by atoms with van der Waals surface area (Å²) < 4.78 is 0. The topological polar surface area (TPSA) is 83.5 Å². The number of hydrogen-bond donors (Lipinski definition) is 2. The fraction of sp³-hybridized carbons (Fsp3) is 0.583. The van der Waals surface area contributed by atoms with Crippen LogP contribution in [0, 0.1) is 11.8 Å². The number of carbonyl (C=O) groups excluding carboxylic acids is 2. The van der Waals surface area contributed by atoms with Crippen LogP contribution < -0.4 is 5.32 Å². The molecule has 2 rings (SSSR count). The van der Waals surface area contributed by atoms with E-state index in [0.717, 1.165) is 4.91 Å². The maximum atomic E-state index is 11.4. The van der Waals surface area contributed by atoms with Gasteiger partial charge in [0.25, 0.3) is 0 Å². The van der Waals surface area contributed by atoms with Crippen LogP contribution in [0.15, 0.2) is 10.5 Å². The van der Waals surface area contributed by atoms with Gasteiger partial charge in [0.05, 0.1) is 11.5 Å². The molecule has 0 aromatic carbocycles. The van der Waals surface area contributed by atoms with E-state index in [1.165, 1.54) is 18.7 Å². The van der Waals surface area contributed by atoms with Crippen LogP contribution >= 0.6 is 11.8 Å². The van der Waals surface area contributed by atoms with Crippen molar-refractivity contribution in [3.8, 4) is 0 Å². The largest absolute Gasteiger partial charge is 0.478 e. The zero-order chi connectivity index (χ0) is 13.3. The summed E-state index contributed by atoms with van der Waals surface area (Å²) in [5.74, 6) is -0.547. The van der Waals surface area contributed by atoms with E-state index in [1.807, 2.05) is 0 Å². The zero-order valence-corrected chi connectivity index (χ0v) is 10.9. The van der Waals surface area contributed by atoms with Crippen LogP contribution in [-0.2, 0) is 14.4 Å². The second-order valence-corrected chi connectivity index (χ2v) is 5.78. The Morgan fingerprint density at radius 2 is 2.17 bits per heavy atom. The van der Waals surface area contributed by atoms with Crippen LogP contribution in [-0.4, -0.2) is 35.1 Å². The normalized spacial score (nSPS) is 25.7. The Bertz CT molecular complexity index is 443. The average Bonchev–Trinajstić information content (AvgIpc) is 2.57. The summed E-state index contributed by atoms with van der Waals surface area (Å²) in [5, 5.41) is 11.8. The molecule has 0 saturated heterocycles. The van der Waals surface area contributed by atoms with Crippen LogP contribution in [0.5, 0.6) is 0 Å². The summed E-state index contributed by atoms with van der Waals surface area (Å²) in [6, 6.07) is 0. The third-order valence-electron chi connectivity index (χ3n) is 3.32. The molecular weight excluding hydrogens is 254 g/mol. The van der Waals surface area contributed by atoms with Crippen molar-refractivity contribution in [2.75, 3.05) is 12.3 Å². The average molecular weight is 269 g/mol. The summed E-state index contributed by atoms with van der Waals surface area (Å²) in [4.78, 5) is 34.1. The van der Waals surface area contributed by atoms with Gasteiger partial charge in [-0.2, -0.15) is 0 Å². The van der Waals surface area contributed by atoms with Gasteiger partial charge in [-0.05, 0) is 17.2 Å². The van der Waals surface area contributed by atoms with Crippen molar-refractivity contribution in [3.05, 3.63) is 10.5 Å². The minimum Gasteiger partial charge on any atom is -0.478 e. The molecule has 2 N–H and O–H groups in total. The molecule has 1 fully saturated rings. The van der Waals surface area contributed by atoms with Crippen LogP contribution in [0.1, 0.15) is 19.8 Å². The number of carboxylic acids is 1. The lowest BCUT2D eigenvalue weighted by molar-refractivity contribution is -0.138. The first-order valence-electron chi connectivity index (χ1n) is 5.87. The van der Waals surface area contributed by atoms with Gasteiger partial charge in [-0.1, -0.05) is 0 Å². The molecule has 0 bridgehead atoms. The minimum atomic E-state index is -0.974. The Morgan fingerprint density at radius 1 is 1.44 bits per heavy atom. The fourth-order valence-corrected chi connectivity index (χ4v) is 3.66. The van der Waals surface area contributed by atoms with E-state index in [9.17, 15) is 19.5 Å². The number of Topliss-reactive ketones (excluding diaryl/α,β-unsaturated/α-hetero) is 1. The van der Waals surface area contributed by atoms with Gasteiger partial charge in [-0.3, -0.25) is 9.59 Å². The highest BCUT2D eigenvalue weighted by Crippen LogP contribution is 2.50. The highest BCUT2D eigenvalue weighted by atomic mass is 32.2. The van der Waals surface area contributed by atoms with E-state index in [2.05, 4.69) is 5.32 Å². The molecule has 6 heteroatoms. The molecule has 0 aromatic rings. The number of nitrogens with one attached hydrogen (secondary N) is 1. The SMILES string of the molecule is CC(=O)NCCSC1=C(C(=O)O)C2C(=O)CC2C1. The maximum absolute atomic E-state index is 11.4. The second kappa shape index (κ2) is 5.14. The molecular formula is C12H15NO4S. The summed E-state index contributed by atoms with van der Waals surface area (Å²) in [6.07, 6.45) is 1.21. The molecule has 2 aliphatic carbocycles. The second-order valence-electron chi connectivity index (χ2n) is 4.59. The molecule has 1 saturated carbocycles. The van der Waals surface area contributed by atoms with E-state index >= 15 is 0 Å². The van der Waals surface area contributed by atoms with Crippen molar-refractivity contribution in [3.63, 3.8) is 0 Å². The molecule has 0 aromatic heterocycles. The lowest BCUT2D eigenvalue weighted by atomic mass is 9.72. The Hall–Kier alpha value is -1.30. The van der Waals surface area contributed by atoms with Crippen LogP contribution in [0.4, 0.5) is 0 Å². The van der Waals surface area contributed by atoms with Gasteiger partial charge < -0.3 is 10.4 Å². The predicted molar refractivity (Wildman–Crippen MR) is 67.0 cm³/mol. The van der Waals surface area contributed by atoms with E-state index < -0.39 is 5.97 Å². The lowest BCUT2D eigenvalue weighted by Gasteiger charge is -2.29. The van der Waals surface area contributed by atoms with Crippen molar-refractivity contribution in [1.29, 1.82) is 0 Å². The standard InChI is InChI=1S/C12H15NO4S/c1-6(14)13-2-3-18-9-5-7-4-8(15)10(7)11(9)12(16)17/h7,10H,2-5H2,1H3,(H,13,14)(H,16,17). The van der Waals surface area contributed by atoms with E-state index in [0.29, 0.717) is 30.7 Å². The van der Waals surface area contributed by atoms with Gasteiger partial charge in [0, 0.05) is 25.6 Å². The summed E-state index contributed by atoms with van der Waals surface area (Å²) in [5.41, 5.74) is 0.295. The number of rotatable bonds is 5. The zero-order valence-electron chi connectivity index (χ0n) is 10.1. The van der Waals surface area contributed by atoms with E-state index in [-0.39, 0.29) is 23.5 Å². The van der Waals surface area contributed by atoms with Crippen molar-refractivity contribution in [2.24, 2.45) is 11.8 Å². The molecule has 0 spiro atoms. The number of carboxylic acid groups (broad SMARTS) is 1. The Morgan fingerprint density at radius 3 is 2.72 bits per heavy atom. The third-order valence-corrected chi connectivity index (χ3v) is 4.47. The van der Waals surface area contributed by atoms with Crippen molar-refractivity contribution >= 4 is 29.4 Å². The molecule has 1 amide bonds. The Balaban J connectivity index is 1.96. The van der Waals surface area contributed by atoms with Crippen molar-refractivity contribution in [1.82, 2.24) is 5.32 Å². The van der Waals surface area contributed by atoms with Crippen molar-refractivity contribution in [2.45, 2.75) is 19.8 Å². The van der Waals surface area contributed by atoms with Gasteiger partial charge in [0.2, 0.25) is 5.91 Å². The molecule has 18 heavy (non-hydrogen) atoms. The molecule has 0 aliphatic heterocycles. The molecule has 2 aliphatic rings. The van der Waals surface area contributed by atoms with Gasteiger partial charge in [-0.25, -0.2) is 4.79 Å². The fourth-order valence-electron chi connectivity index (χ4n) is 2.50. The van der Waals surface area contributed by atoms with Crippen molar-refractivity contribution < 1.29 is 19.5 Å². The van der Waals surface area contributed by atoms with Gasteiger partial charge in [-0.15, -0.1) is 11.8 Å². The molecule has 0 heterocycles. The molecule has 0 radical (unpaired) electrons. The minimum absolute atomic E-state index is 0.0508. The monoisotopic (exact) mass is 269 g/mol. The van der Waals surface area contributed by atoms with Gasteiger partial charge in [0.1, 0.15) is 5.78 Å². The highest BCUT2D eigenvalue weighted by molar-refractivity contribution is 8.03. The molecule has 2 unspecified atom stereocenters. The third kappa shape index (κ3) is 2.43. The molecule has 2 atom stereocenters. The quantitative estimate of drug-likeness (QED) is 0.721. The van der Waals surface area contributed by atoms with E-state index in [1.54, 1.807) is 0 Å². The Kier molecular flexibility index (Phi) is 3.75. The molecule has 5 nitrogen and oxygen atoms in total. The number of amides is 1. The van der Waals surface area contributed by atoms with E-state index in [4.69, 9.17) is 0 Å².